The lowest BCUT2D eigenvalue weighted by Crippen LogP contribution is -2.24. The largest absolute Gasteiger partial charge is 0.483 e. The summed E-state index contributed by atoms with van der Waals surface area (Å²) < 4.78 is 0. The fourth-order valence-electron chi connectivity index (χ4n) is 0.487. The van der Waals surface area contributed by atoms with E-state index in [2.05, 4.69) is 15.0 Å². The van der Waals surface area contributed by atoms with Gasteiger partial charge in [-0.25, -0.2) is 0 Å². The summed E-state index contributed by atoms with van der Waals surface area (Å²) in [5, 5.41) is 16.0. The monoisotopic (exact) mass is 173 g/mol. The molecule has 0 atom stereocenters. The molecule has 0 aromatic heterocycles. The van der Waals surface area contributed by atoms with Gasteiger partial charge in [-0.3, -0.25) is 0 Å². The van der Waals surface area contributed by atoms with Crippen LogP contribution in [0.5, 0.6) is 0 Å². The average Bonchev–Trinajstić information content (AvgIpc) is 2.30. The molecule has 7 nitrogen and oxygen atoms in total. The van der Waals surface area contributed by atoms with Crippen LogP contribution in [0.25, 0.3) is 5.53 Å². The molecular formula is C3ClN5O2. The van der Waals surface area contributed by atoms with Crippen LogP contribution in [-0.4, -0.2) is 26.4 Å². The number of hydrogen-bond donors (Lipinski definition) is 0. The van der Waals surface area contributed by atoms with Crippen LogP contribution in [0.1, 0.15) is 0 Å². The second-order valence-corrected chi connectivity index (χ2v) is 1.88. The van der Waals surface area contributed by atoms with E-state index >= 15 is 0 Å². The van der Waals surface area contributed by atoms with Gasteiger partial charge in [0, 0.05) is 0 Å². The van der Waals surface area contributed by atoms with Crippen LogP contribution in [0.4, 0.5) is 0 Å². The van der Waals surface area contributed by atoms with Gasteiger partial charge in [0.15, 0.2) is 0 Å². The summed E-state index contributed by atoms with van der Waals surface area (Å²) in [7, 11) is 0. The maximum Gasteiger partial charge on any atom is 0.483 e. The Balaban J connectivity index is 3.11. The maximum absolute atomic E-state index is 10.1. The molecule has 0 N–H and O–H groups in total. The molecule has 0 aliphatic carbocycles. The molecule has 0 radical (unpaired) electrons. The van der Waals surface area contributed by atoms with Crippen molar-refractivity contribution in [1.29, 1.82) is 0 Å². The molecule has 0 aromatic rings. The van der Waals surface area contributed by atoms with E-state index in [9.17, 15) is 10.1 Å². The van der Waals surface area contributed by atoms with Crippen LogP contribution >= 0.6 is 11.6 Å². The van der Waals surface area contributed by atoms with Crippen LogP contribution in [0.15, 0.2) is 10.2 Å². The molecule has 1 rings (SSSR count). The SMILES string of the molecule is [N-]=[N+]=C1C(Cl)=NN=C1[N+](=O)[O-]. The summed E-state index contributed by atoms with van der Waals surface area (Å²) >= 11 is 5.26. The zero-order chi connectivity index (χ0) is 8.43. The van der Waals surface area contributed by atoms with Crippen molar-refractivity contribution in [3.05, 3.63) is 15.6 Å². The molecule has 1 heterocycles. The van der Waals surface area contributed by atoms with Crippen LogP contribution in [-0.2, 0) is 0 Å². The van der Waals surface area contributed by atoms with Crippen molar-refractivity contribution in [3.8, 4) is 0 Å². The first-order valence-corrected chi connectivity index (χ1v) is 2.73. The minimum atomic E-state index is -0.839. The van der Waals surface area contributed by atoms with E-state index in [1.165, 1.54) is 0 Å². The van der Waals surface area contributed by atoms with Crippen molar-refractivity contribution in [1.82, 2.24) is 0 Å². The molecule has 0 amide bonds. The Morgan fingerprint density at radius 2 is 2.27 bits per heavy atom. The minimum absolute atomic E-state index is 0.292. The Labute approximate surface area is 64.8 Å². The first kappa shape index (κ1) is 7.52. The van der Waals surface area contributed by atoms with Gasteiger partial charge in [-0.15, -0.1) is 0 Å². The third-order valence-corrected chi connectivity index (χ3v) is 1.17. The zero-order valence-electron chi connectivity index (χ0n) is 4.93. The van der Waals surface area contributed by atoms with Crippen molar-refractivity contribution in [3.63, 3.8) is 0 Å². The second kappa shape index (κ2) is 2.57. The lowest BCUT2D eigenvalue weighted by molar-refractivity contribution is -0.347. The number of rotatable bonds is 0. The molecule has 0 saturated carbocycles. The normalized spacial score (nSPS) is 15.5. The third-order valence-electron chi connectivity index (χ3n) is 0.913. The minimum Gasteiger partial charge on any atom is -0.360 e. The fraction of sp³-hybridized carbons (Fsp3) is 0. The van der Waals surface area contributed by atoms with Crippen LogP contribution in [0.3, 0.4) is 0 Å². The summed E-state index contributed by atoms with van der Waals surface area (Å²) in [6, 6.07) is 0. The molecule has 11 heavy (non-hydrogen) atoms. The smallest absolute Gasteiger partial charge is 0.360 e. The summed E-state index contributed by atoms with van der Waals surface area (Å²) in [5.41, 5.74) is 7.77. The molecule has 0 saturated heterocycles. The van der Waals surface area contributed by atoms with Gasteiger partial charge < -0.3 is 15.6 Å². The number of halogens is 1. The molecule has 1 aliphatic rings. The topological polar surface area (TPSA) is 104 Å². The second-order valence-electron chi connectivity index (χ2n) is 1.52. The van der Waals surface area contributed by atoms with E-state index in [4.69, 9.17) is 17.1 Å². The standard InChI is InChI=1S/C3ClN5O2/c4-2-1(6-5)3(8-7-2)9(10)11. The van der Waals surface area contributed by atoms with Crippen LogP contribution in [0, 0.1) is 10.1 Å². The summed E-state index contributed by atoms with van der Waals surface area (Å²) in [6.07, 6.45) is 0. The molecule has 56 valence electrons. The predicted molar refractivity (Wildman–Crippen MR) is 36.3 cm³/mol. The summed E-state index contributed by atoms with van der Waals surface area (Å²) in [4.78, 5) is 11.8. The van der Waals surface area contributed by atoms with Gasteiger partial charge in [-0.2, -0.15) is 4.79 Å². The van der Waals surface area contributed by atoms with Crippen LogP contribution < -0.4 is 0 Å². The maximum atomic E-state index is 10.1. The molecule has 1 aliphatic heterocycles. The molecule has 0 aromatic carbocycles. The zero-order valence-corrected chi connectivity index (χ0v) is 5.69. The number of nitrogens with zero attached hydrogens (tertiary/aromatic N) is 5. The Hall–Kier alpha value is -1.59. The Morgan fingerprint density at radius 3 is 2.64 bits per heavy atom. The van der Waals surface area contributed by atoms with Crippen molar-refractivity contribution in [2.45, 2.75) is 0 Å². The third kappa shape index (κ3) is 1.14. The van der Waals surface area contributed by atoms with Gasteiger partial charge in [0.1, 0.15) is 0 Å². The van der Waals surface area contributed by atoms with Crippen molar-refractivity contribution in [2.24, 2.45) is 10.2 Å². The highest BCUT2D eigenvalue weighted by molar-refractivity contribution is 6.92. The van der Waals surface area contributed by atoms with Gasteiger partial charge in [-0.1, -0.05) is 0 Å². The van der Waals surface area contributed by atoms with Gasteiger partial charge >= 0.3 is 11.5 Å². The molecule has 0 unspecified atom stereocenters. The van der Waals surface area contributed by atoms with E-state index in [0.29, 0.717) is 0 Å². The molecule has 0 bridgehead atoms. The van der Waals surface area contributed by atoms with Crippen molar-refractivity contribution in [2.75, 3.05) is 0 Å². The lowest BCUT2D eigenvalue weighted by Gasteiger charge is -1.83. The van der Waals surface area contributed by atoms with E-state index < -0.39 is 16.5 Å². The van der Waals surface area contributed by atoms with Crippen molar-refractivity contribution < 1.29 is 9.71 Å². The van der Waals surface area contributed by atoms with Crippen molar-refractivity contribution >= 4 is 28.3 Å². The molecule has 8 heteroatoms. The Kier molecular flexibility index (Phi) is 1.75. The molecule has 0 spiro atoms. The first-order valence-electron chi connectivity index (χ1n) is 2.35. The average molecular weight is 174 g/mol. The van der Waals surface area contributed by atoms with Crippen LogP contribution in [0.2, 0.25) is 0 Å². The quantitative estimate of drug-likeness (QED) is 0.221. The Bertz CT molecular complexity index is 325. The highest BCUT2D eigenvalue weighted by Crippen LogP contribution is 2.01. The van der Waals surface area contributed by atoms with Gasteiger partial charge in [0.05, 0.1) is 5.10 Å². The highest BCUT2D eigenvalue weighted by atomic mass is 35.5. The van der Waals surface area contributed by atoms with E-state index in [1.807, 2.05) is 0 Å². The van der Waals surface area contributed by atoms with E-state index in [0.717, 1.165) is 0 Å². The van der Waals surface area contributed by atoms with Gasteiger partial charge in [0.25, 0.3) is 5.17 Å². The number of nitro groups is 1. The summed E-state index contributed by atoms with van der Waals surface area (Å²) in [6.45, 7) is 0. The predicted octanol–water partition coefficient (Wildman–Crippen LogP) is -0.102. The fourth-order valence-corrected chi connectivity index (χ4v) is 0.647. The van der Waals surface area contributed by atoms with E-state index in [-0.39, 0.29) is 5.17 Å². The Morgan fingerprint density at radius 1 is 1.64 bits per heavy atom. The van der Waals surface area contributed by atoms with E-state index in [1.54, 1.807) is 0 Å². The number of hydrogen-bond acceptors (Lipinski definition) is 4. The van der Waals surface area contributed by atoms with Gasteiger partial charge in [0.2, 0.25) is 0 Å². The summed E-state index contributed by atoms with van der Waals surface area (Å²) in [5.74, 6) is -0.655. The molecular weight excluding hydrogens is 174 g/mol. The number of amidine groups is 1. The van der Waals surface area contributed by atoms with Gasteiger partial charge in [-0.05, 0) is 21.6 Å². The lowest BCUT2D eigenvalue weighted by atomic mass is 10.4. The molecule has 0 fully saturated rings. The first-order chi connectivity index (χ1) is 5.16. The highest BCUT2D eigenvalue weighted by Gasteiger charge is 2.40.